The van der Waals surface area contributed by atoms with Gasteiger partial charge in [0.2, 0.25) is 5.88 Å². The molecule has 1 N–H and O–H groups in total. The van der Waals surface area contributed by atoms with Crippen LogP contribution in [0.2, 0.25) is 0 Å². The molecule has 1 heterocycles. The van der Waals surface area contributed by atoms with Crippen LogP contribution in [0.5, 0.6) is 11.6 Å². The molecule has 0 aliphatic carbocycles. The molecule has 0 amide bonds. The van der Waals surface area contributed by atoms with Crippen LogP contribution in [-0.2, 0) is 5.41 Å². The number of benzene rings is 1. The van der Waals surface area contributed by atoms with Gasteiger partial charge in [-0.15, -0.1) is 11.3 Å². The fraction of sp³-hybridized carbons (Fsp3) is 0.357. The van der Waals surface area contributed by atoms with Crippen molar-refractivity contribution in [3.8, 4) is 22.2 Å². The molecule has 1 aromatic heterocycles. The monoisotopic (exact) mass is 263 g/mol. The van der Waals surface area contributed by atoms with Crippen molar-refractivity contribution in [1.29, 1.82) is 0 Å². The van der Waals surface area contributed by atoms with E-state index in [0.29, 0.717) is 0 Å². The van der Waals surface area contributed by atoms with Gasteiger partial charge in [-0.3, -0.25) is 0 Å². The molecule has 2 rings (SSSR count). The molecule has 0 aliphatic heterocycles. The number of hydrogen-bond acceptors (Lipinski definition) is 4. The van der Waals surface area contributed by atoms with Gasteiger partial charge in [-0.05, 0) is 23.1 Å². The molecule has 2 aromatic rings. The Kier molecular flexibility index (Phi) is 3.30. The normalized spacial score (nSPS) is 11.6. The van der Waals surface area contributed by atoms with Crippen LogP contribution in [-0.4, -0.2) is 17.2 Å². The topological polar surface area (TPSA) is 42.4 Å². The lowest BCUT2D eigenvalue weighted by atomic mass is 9.86. The van der Waals surface area contributed by atoms with Crippen LogP contribution >= 0.6 is 11.3 Å². The minimum absolute atomic E-state index is 0.0539. The summed E-state index contributed by atoms with van der Waals surface area (Å²) in [5.74, 6) is 0.829. The number of rotatable bonds is 2. The van der Waals surface area contributed by atoms with E-state index in [0.717, 1.165) is 16.3 Å². The second-order valence-corrected chi connectivity index (χ2v) is 6.03. The van der Waals surface area contributed by atoms with Crippen molar-refractivity contribution < 1.29 is 9.84 Å². The van der Waals surface area contributed by atoms with Crippen molar-refractivity contribution in [2.24, 2.45) is 0 Å². The van der Waals surface area contributed by atoms with Gasteiger partial charge in [-0.2, -0.15) is 0 Å². The first kappa shape index (κ1) is 12.9. The largest absolute Gasteiger partial charge is 0.496 e. The second kappa shape index (κ2) is 4.61. The van der Waals surface area contributed by atoms with Gasteiger partial charge in [0.25, 0.3) is 0 Å². The first-order valence-electron chi connectivity index (χ1n) is 5.75. The van der Waals surface area contributed by atoms with Crippen molar-refractivity contribution in [2.45, 2.75) is 26.2 Å². The molecule has 4 heteroatoms. The zero-order valence-electron chi connectivity index (χ0n) is 11.0. The Balaban J connectivity index is 2.56. The van der Waals surface area contributed by atoms with E-state index in [1.807, 2.05) is 6.07 Å². The summed E-state index contributed by atoms with van der Waals surface area (Å²) in [6, 6.07) is 6.10. The van der Waals surface area contributed by atoms with Gasteiger partial charge in [-0.1, -0.05) is 26.8 Å². The van der Waals surface area contributed by atoms with Crippen molar-refractivity contribution in [1.82, 2.24) is 4.98 Å². The Bertz CT molecular complexity index is 555. The molecule has 0 spiro atoms. The number of methoxy groups -OCH3 is 1. The number of aromatic hydroxyl groups is 1. The molecule has 3 nitrogen and oxygen atoms in total. The molecule has 0 atom stereocenters. The number of aromatic nitrogens is 1. The summed E-state index contributed by atoms with van der Waals surface area (Å²) >= 11 is 1.41. The van der Waals surface area contributed by atoms with Crippen LogP contribution < -0.4 is 4.74 Å². The van der Waals surface area contributed by atoms with Gasteiger partial charge in [0.1, 0.15) is 10.8 Å². The quantitative estimate of drug-likeness (QED) is 0.895. The minimum atomic E-state index is 0.0539. The molecular weight excluding hydrogens is 246 g/mol. The third kappa shape index (κ3) is 2.48. The van der Waals surface area contributed by atoms with Crippen molar-refractivity contribution >= 4 is 11.3 Å². The summed E-state index contributed by atoms with van der Waals surface area (Å²) in [5.41, 5.74) is 2.21. The molecule has 18 heavy (non-hydrogen) atoms. The van der Waals surface area contributed by atoms with Gasteiger partial charge in [0.15, 0.2) is 0 Å². The fourth-order valence-electron chi connectivity index (χ4n) is 1.73. The Morgan fingerprint density at radius 1 is 1.28 bits per heavy atom. The van der Waals surface area contributed by atoms with Gasteiger partial charge < -0.3 is 9.84 Å². The molecule has 0 unspecified atom stereocenters. The van der Waals surface area contributed by atoms with Crippen molar-refractivity contribution in [3.63, 3.8) is 0 Å². The third-order valence-corrected chi connectivity index (χ3v) is 3.65. The molecule has 0 bridgehead atoms. The van der Waals surface area contributed by atoms with Crippen LogP contribution in [0.3, 0.4) is 0 Å². The minimum Gasteiger partial charge on any atom is -0.496 e. The first-order chi connectivity index (χ1) is 8.41. The van der Waals surface area contributed by atoms with E-state index in [4.69, 9.17) is 4.74 Å². The summed E-state index contributed by atoms with van der Waals surface area (Å²) in [6.07, 6.45) is 0. The smallest absolute Gasteiger partial charge is 0.222 e. The maximum Gasteiger partial charge on any atom is 0.222 e. The SMILES string of the molecule is COc1ccc(C(C)(C)C)cc1-c1nc(O)cs1. The van der Waals surface area contributed by atoms with Gasteiger partial charge in [0.05, 0.1) is 18.1 Å². The number of nitrogens with zero attached hydrogens (tertiary/aromatic N) is 1. The van der Waals surface area contributed by atoms with E-state index in [1.165, 1.54) is 16.9 Å². The average molecular weight is 263 g/mol. The van der Waals surface area contributed by atoms with E-state index in [1.54, 1.807) is 12.5 Å². The lowest BCUT2D eigenvalue weighted by Crippen LogP contribution is -2.11. The highest BCUT2D eigenvalue weighted by molar-refractivity contribution is 7.13. The second-order valence-electron chi connectivity index (χ2n) is 5.18. The Morgan fingerprint density at radius 3 is 2.50 bits per heavy atom. The summed E-state index contributed by atoms with van der Waals surface area (Å²) in [7, 11) is 1.64. The summed E-state index contributed by atoms with van der Waals surface area (Å²) in [5, 5.41) is 11.8. The maximum absolute atomic E-state index is 9.37. The predicted octanol–water partition coefficient (Wildman–Crippen LogP) is 3.82. The van der Waals surface area contributed by atoms with Gasteiger partial charge in [-0.25, -0.2) is 4.98 Å². The third-order valence-electron chi connectivity index (χ3n) is 2.79. The molecule has 0 saturated carbocycles. The number of thiazole rings is 1. The lowest BCUT2D eigenvalue weighted by molar-refractivity contribution is 0.415. The standard InChI is InChI=1S/C14H17NO2S/c1-14(2,3)9-5-6-11(17-4)10(7-9)13-15-12(16)8-18-13/h5-8,16H,1-4H3. The highest BCUT2D eigenvalue weighted by Crippen LogP contribution is 2.36. The van der Waals surface area contributed by atoms with Crippen LogP contribution in [0.15, 0.2) is 23.6 Å². The van der Waals surface area contributed by atoms with E-state index >= 15 is 0 Å². The summed E-state index contributed by atoms with van der Waals surface area (Å²) in [4.78, 5) is 4.11. The molecule has 0 saturated heterocycles. The number of hydrogen-bond donors (Lipinski definition) is 1. The Hall–Kier alpha value is -1.55. The van der Waals surface area contributed by atoms with Gasteiger partial charge in [0, 0.05) is 0 Å². The number of ether oxygens (including phenoxy) is 1. The predicted molar refractivity (Wildman–Crippen MR) is 74.5 cm³/mol. The molecule has 0 radical (unpaired) electrons. The van der Waals surface area contributed by atoms with Crippen LogP contribution in [0.25, 0.3) is 10.6 Å². The zero-order chi connectivity index (χ0) is 13.3. The first-order valence-corrected chi connectivity index (χ1v) is 6.63. The van der Waals surface area contributed by atoms with Crippen molar-refractivity contribution in [3.05, 3.63) is 29.1 Å². The van der Waals surface area contributed by atoms with Crippen molar-refractivity contribution in [2.75, 3.05) is 7.11 Å². The van der Waals surface area contributed by atoms with E-state index in [2.05, 4.69) is 37.9 Å². The highest BCUT2D eigenvalue weighted by atomic mass is 32.1. The Morgan fingerprint density at radius 2 is 2.00 bits per heavy atom. The van der Waals surface area contributed by atoms with E-state index in [9.17, 15) is 5.11 Å². The average Bonchev–Trinajstić information content (AvgIpc) is 2.73. The molecule has 96 valence electrons. The highest BCUT2D eigenvalue weighted by Gasteiger charge is 2.18. The molecular formula is C14H17NO2S. The molecule has 0 aliphatic rings. The van der Waals surface area contributed by atoms with E-state index < -0.39 is 0 Å². The molecule has 1 aromatic carbocycles. The summed E-state index contributed by atoms with van der Waals surface area (Å²) in [6.45, 7) is 6.49. The fourth-order valence-corrected chi connectivity index (χ4v) is 2.43. The molecule has 0 fully saturated rings. The summed E-state index contributed by atoms with van der Waals surface area (Å²) < 4.78 is 5.36. The van der Waals surface area contributed by atoms with Crippen LogP contribution in [0.4, 0.5) is 0 Å². The zero-order valence-corrected chi connectivity index (χ0v) is 11.8. The maximum atomic E-state index is 9.37. The van der Waals surface area contributed by atoms with Crippen LogP contribution in [0.1, 0.15) is 26.3 Å². The Labute approximate surface area is 111 Å². The van der Waals surface area contributed by atoms with E-state index in [-0.39, 0.29) is 11.3 Å². The van der Waals surface area contributed by atoms with Gasteiger partial charge >= 0.3 is 0 Å². The van der Waals surface area contributed by atoms with Crippen LogP contribution in [0, 0.1) is 0 Å². The lowest BCUT2D eigenvalue weighted by Gasteiger charge is -2.20.